The molecule has 0 atom stereocenters. The molecule has 2 aromatic rings. The van der Waals surface area contributed by atoms with Crippen LogP contribution in [0.15, 0.2) is 47.4 Å². The van der Waals surface area contributed by atoms with E-state index in [1.807, 2.05) is 0 Å². The van der Waals surface area contributed by atoms with Crippen LogP contribution in [0.3, 0.4) is 0 Å². The van der Waals surface area contributed by atoms with Gasteiger partial charge in [-0.3, -0.25) is 0 Å². The molecule has 0 heterocycles. The number of hydrogen-bond donors (Lipinski definition) is 1. The van der Waals surface area contributed by atoms with E-state index in [0.29, 0.717) is 0 Å². The zero-order valence-corrected chi connectivity index (χ0v) is 12.0. The van der Waals surface area contributed by atoms with Gasteiger partial charge in [-0.2, -0.15) is 0 Å². The van der Waals surface area contributed by atoms with Crippen LogP contribution >= 0.6 is 11.8 Å². The first kappa shape index (κ1) is 13.0. The molecule has 1 N–H and O–H groups in total. The van der Waals surface area contributed by atoms with Crippen molar-refractivity contribution in [3.05, 3.63) is 59.2 Å². The Labute approximate surface area is 114 Å². The maximum Gasteiger partial charge on any atom is 0.0400 e. The molecule has 0 spiro atoms. The first-order chi connectivity index (χ1) is 8.67. The quantitative estimate of drug-likeness (QED) is 0.801. The number of rotatable bonds is 4. The van der Waals surface area contributed by atoms with Gasteiger partial charge in [-0.25, -0.2) is 0 Å². The molecule has 2 aromatic carbocycles. The van der Waals surface area contributed by atoms with Crippen LogP contribution in [0, 0.1) is 13.8 Å². The molecule has 0 radical (unpaired) electrons. The Bertz CT molecular complexity index is 514. The minimum Gasteiger partial charge on any atom is -0.381 e. The molecule has 0 aromatic heterocycles. The first-order valence-corrected chi connectivity index (χ1v) is 7.35. The lowest BCUT2D eigenvalue weighted by Gasteiger charge is -2.09. The highest BCUT2D eigenvalue weighted by Gasteiger charge is 1.98. The summed E-state index contributed by atoms with van der Waals surface area (Å²) >= 11 is 1.77. The van der Waals surface area contributed by atoms with E-state index in [1.165, 1.54) is 27.3 Å². The predicted octanol–water partition coefficient (Wildman–Crippen LogP) is 4.64. The summed E-state index contributed by atoms with van der Waals surface area (Å²) in [5.41, 5.74) is 5.16. The van der Waals surface area contributed by atoms with E-state index in [1.54, 1.807) is 11.8 Å². The fraction of sp³-hybridized carbons (Fsp3) is 0.250. The molecular formula is C16H19NS. The Morgan fingerprint density at radius 1 is 1.00 bits per heavy atom. The summed E-state index contributed by atoms with van der Waals surface area (Å²) < 4.78 is 0. The summed E-state index contributed by atoms with van der Waals surface area (Å²) in [6.07, 6.45) is 2.10. The number of hydrogen-bond acceptors (Lipinski definition) is 2. The molecular weight excluding hydrogens is 238 g/mol. The summed E-state index contributed by atoms with van der Waals surface area (Å²) in [5, 5.41) is 3.48. The minimum absolute atomic E-state index is 0.875. The monoisotopic (exact) mass is 257 g/mol. The van der Waals surface area contributed by atoms with Gasteiger partial charge < -0.3 is 5.32 Å². The minimum atomic E-state index is 0.875. The molecule has 94 valence electrons. The first-order valence-electron chi connectivity index (χ1n) is 6.12. The smallest absolute Gasteiger partial charge is 0.0400 e. The molecule has 0 unspecified atom stereocenters. The van der Waals surface area contributed by atoms with E-state index < -0.39 is 0 Å². The van der Waals surface area contributed by atoms with E-state index in [0.717, 1.165) is 6.54 Å². The fourth-order valence-electron chi connectivity index (χ4n) is 2.11. The van der Waals surface area contributed by atoms with Crippen molar-refractivity contribution < 1.29 is 0 Å². The Morgan fingerprint density at radius 2 is 1.72 bits per heavy atom. The van der Waals surface area contributed by atoms with E-state index in [-0.39, 0.29) is 0 Å². The van der Waals surface area contributed by atoms with Gasteiger partial charge in [0.15, 0.2) is 0 Å². The van der Waals surface area contributed by atoms with E-state index in [4.69, 9.17) is 0 Å². The molecule has 0 saturated heterocycles. The van der Waals surface area contributed by atoms with Crippen molar-refractivity contribution in [1.82, 2.24) is 0 Å². The molecule has 0 fully saturated rings. The lowest BCUT2D eigenvalue weighted by atomic mass is 10.1. The second kappa shape index (κ2) is 5.96. The number of aryl methyl sites for hydroxylation is 2. The lowest BCUT2D eigenvalue weighted by Crippen LogP contribution is -2.00. The largest absolute Gasteiger partial charge is 0.381 e. The third kappa shape index (κ3) is 3.54. The molecule has 0 bridgehead atoms. The average molecular weight is 257 g/mol. The van der Waals surface area contributed by atoms with Crippen LogP contribution in [-0.4, -0.2) is 6.26 Å². The van der Waals surface area contributed by atoms with Gasteiger partial charge in [-0.05, 0) is 43.9 Å². The van der Waals surface area contributed by atoms with Crippen LogP contribution in [0.4, 0.5) is 5.69 Å². The maximum absolute atomic E-state index is 3.48. The van der Waals surface area contributed by atoms with Crippen molar-refractivity contribution in [2.45, 2.75) is 25.3 Å². The van der Waals surface area contributed by atoms with Crippen molar-refractivity contribution >= 4 is 17.4 Å². The zero-order valence-electron chi connectivity index (χ0n) is 11.2. The van der Waals surface area contributed by atoms with Gasteiger partial charge in [-0.1, -0.05) is 35.4 Å². The Morgan fingerprint density at radius 3 is 2.39 bits per heavy atom. The number of nitrogens with one attached hydrogen (secondary N) is 1. The van der Waals surface area contributed by atoms with Crippen LogP contribution < -0.4 is 5.32 Å². The van der Waals surface area contributed by atoms with Crippen molar-refractivity contribution in [2.75, 3.05) is 11.6 Å². The van der Waals surface area contributed by atoms with Gasteiger partial charge >= 0.3 is 0 Å². The predicted molar refractivity (Wildman–Crippen MR) is 81.5 cm³/mol. The van der Waals surface area contributed by atoms with Crippen LogP contribution in [0.5, 0.6) is 0 Å². The van der Waals surface area contributed by atoms with Gasteiger partial charge in [0.25, 0.3) is 0 Å². The van der Waals surface area contributed by atoms with Gasteiger partial charge in [0.1, 0.15) is 0 Å². The Hall–Kier alpha value is -1.41. The standard InChI is InChI=1S/C16H19NS/c1-12-7-13(2)9-14(8-12)11-17-15-5-4-6-16(10-15)18-3/h4-10,17H,11H2,1-3H3. The van der Waals surface area contributed by atoms with E-state index >= 15 is 0 Å². The van der Waals surface area contributed by atoms with Gasteiger partial charge in [0.2, 0.25) is 0 Å². The summed E-state index contributed by atoms with van der Waals surface area (Å²) in [4.78, 5) is 1.29. The number of benzene rings is 2. The Balaban J connectivity index is 2.06. The van der Waals surface area contributed by atoms with Crippen molar-refractivity contribution in [2.24, 2.45) is 0 Å². The second-order valence-corrected chi connectivity index (χ2v) is 5.46. The van der Waals surface area contributed by atoms with Gasteiger partial charge in [0, 0.05) is 17.1 Å². The van der Waals surface area contributed by atoms with Gasteiger partial charge in [-0.15, -0.1) is 11.8 Å². The highest BCUT2D eigenvalue weighted by atomic mass is 32.2. The average Bonchev–Trinajstić information content (AvgIpc) is 2.35. The summed E-state index contributed by atoms with van der Waals surface area (Å²) in [7, 11) is 0. The molecule has 18 heavy (non-hydrogen) atoms. The zero-order chi connectivity index (χ0) is 13.0. The third-order valence-electron chi connectivity index (χ3n) is 2.85. The molecule has 1 nitrogen and oxygen atoms in total. The molecule has 2 rings (SSSR count). The maximum atomic E-state index is 3.48. The lowest BCUT2D eigenvalue weighted by molar-refractivity contribution is 1.13. The van der Waals surface area contributed by atoms with Gasteiger partial charge in [0.05, 0.1) is 0 Å². The molecule has 0 aliphatic rings. The normalized spacial score (nSPS) is 10.4. The molecule has 0 amide bonds. The second-order valence-electron chi connectivity index (χ2n) is 4.58. The summed E-state index contributed by atoms with van der Waals surface area (Å²) in [5.74, 6) is 0. The van der Waals surface area contributed by atoms with Crippen LogP contribution in [-0.2, 0) is 6.54 Å². The Kier molecular flexibility index (Phi) is 4.32. The summed E-state index contributed by atoms with van der Waals surface area (Å²) in [6.45, 7) is 5.16. The highest BCUT2D eigenvalue weighted by molar-refractivity contribution is 7.98. The SMILES string of the molecule is CSc1cccc(NCc2cc(C)cc(C)c2)c1. The molecule has 0 aliphatic carbocycles. The van der Waals surface area contributed by atoms with Crippen molar-refractivity contribution in [1.29, 1.82) is 0 Å². The van der Waals surface area contributed by atoms with E-state index in [9.17, 15) is 0 Å². The van der Waals surface area contributed by atoms with Crippen LogP contribution in [0.1, 0.15) is 16.7 Å². The molecule has 0 aliphatic heterocycles. The highest BCUT2D eigenvalue weighted by Crippen LogP contribution is 2.19. The van der Waals surface area contributed by atoms with Crippen LogP contribution in [0.25, 0.3) is 0 Å². The van der Waals surface area contributed by atoms with Crippen LogP contribution in [0.2, 0.25) is 0 Å². The van der Waals surface area contributed by atoms with Crippen molar-refractivity contribution in [3.63, 3.8) is 0 Å². The molecule has 2 heteroatoms. The van der Waals surface area contributed by atoms with E-state index in [2.05, 4.69) is 67.9 Å². The number of thioether (sulfide) groups is 1. The number of anilines is 1. The fourth-order valence-corrected chi connectivity index (χ4v) is 2.57. The topological polar surface area (TPSA) is 12.0 Å². The third-order valence-corrected chi connectivity index (χ3v) is 3.57. The summed E-state index contributed by atoms with van der Waals surface area (Å²) in [6, 6.07) is 15.2. The van der Waals surface area contributed by atoms with Crippen molar-refractivity contribution in [3.8, 4) is 0 Å². The molecule has 0 saturated carbocycles.